The number of carbonyl (C=O) groups is 2. The lowest BCUT2D eigenvalue weighted by atomic mass is 9.76. The van der Waals surface area contributed by atoms with Crippen LogP contribution in [0.25, 0.3) is 11.1 Å². The van der Waals surface area contributed by atoms with Gasteiger partial charge in [0.2, 0.25) is 0 Å². The number of ether oxygens (including phenoxy) is 3. The molecule has 0 radical (unpaired) electrons. The van der Waals surface area contributed by atoms with E-state index < -0.39 is 17.5 Å². The lowest BCUT2D eigenvalue weighted by molar-refractivity contribution is -0.157. The quantitative estimate of drug-likeness (QED) is 0.467. The van der Waals surface area contributed by atoms with Gasteiger partial charge in [-0.3, -0.25) is 9.59 Å². The topological polar surface area (TPSA) is 61.8 Å². The Morgan fingerprint density at radius 2 is 1.84 bits per heavy atom. The van der Waals surface area contributed by atoms with Crippen molar-refractivity contribution in [3.8, 4) is 16.9 Å². The maximum Gasteiger partial charge on any atom is 0.322 e. The van der Waals surface area contributed by atoms with Gasteiger partial charge >= 0.3 is 5.97 Å². The number of para-hydroxylation sites is 1. The number of esters is 1. The summed E-state index contributed by atoms with van der Waals surface area (Å²) in [4.78, 5) is 26.2. The van der Waals surface area contributed by atoms with Gasteiger partial charge in [0.25, 0.3) is 0 Å². The number of benzene rings is 2. The van der Waals surface area contributed by atoms with Crippen LogP contribution in [0.1, 0.15) is 49.7 Å². The highest BCUT2D eigenvalue weighted by atomic mass is 35.5. The first-order valence-electron chi connectivity index (χ1n) is 10.7. The van der Waals surface area contributed by atoms with Crippen molar-refractivity contribution in [1.82, 2.24) is 0 Å². The minimum Gasteiger partial charge on any atom is -0.493 e. The highest BCUT2D eigenvalue weighted by Gasteiger charge is 2.57. The van der Waals surface area contributed by atoms with Crippen molar-refractivity contribution in [2.24, 2.45) is 0 Å². The fourth-order valence-corrected chi connectivity index (χ4v) is 5.04. The van der Waals surface area contributed by atoms with Gasteiger partial charge in [0.1, 0.15) is 11.7 Å². The molecule has 1 heterocycles. The highest BCUT2D eigenvalue weighted by molar-refractivity contribution is 6.33. The second-order valence-electron chi connectivity index (χ2n) is 8.27. The van der Waals surface area contributed by atoms with Crippen LogP contribution in [0, 0.1) is 6.92 Å². The number of ketones is 1. The molecule has 0 aromatic heterocycles. The smallest absolute Gasteiger partial charge is 0.322 e. The molecule has 2 aliphatic rings. The van der Waals surface area contributed by atoms with E-state index in [1.54, 1.807) is 13.2 Å². The van der Waals surface area contributed by atoms with Crippen LogP contribution >= 0.6 is 11.6 Å². The molecule has 2 aromatic carbocycles. The molecule has 5 nitrogen and oxygen atoms in total. The molecule has 4 rings (SSSR count). The Balaban J connectivity index is 1.68. The van der Waals surface area contributed by atoms with Crippen LogP contribution in [-0.2, 0) is 19.1 Å². The lowest BCUT2D eigenvalue weighted by Crippen LogP contribution is -2.42. The van der Waals surface area contributed by atoms with E-state index >= 15 is 0 Å². The Bertz CT molecular complexity index is 1010. The molecule has 0 N–H and O–H groups in total. The minimum absolute atomic E-state index is 0.108. The number of methoxy groups -OCH3 is 1. The highest BCUT2D eigenvalue weighted by Crippen LogP contribution is 2.46. The first kappa shape index (κ1) is 21.8. The van der Waals surface area contributed by atoms with E-state index in [4.69, 9.17) is 25.8 Å². The monoisotopic (exact) mass is 442 g/mol. The second-order valence-corrected chi connectivity index (χ2v) is 8.67. The second kappa shape index (κ2) is 8.64. The van der Waals surface area contributed by atoms with E-state index in [9.17, 15) is 9.59 Å². The van der Waals surface area contributed by atoms with Gasteiger partial charge < -0.3 is 14.2 Å². The molecule has 0 amide bonds. The minimum atomic E-state index is -1.03. The standard InChI is InChI=1S/C25H27ClO5/c1-4-30-21-8-6-5-7-17(21)19-13-15(2)18(14-20(19)26)22-23(27)25(31-24(22)28)11-9-16(29-3)10-12-25/h5-8,13-14,16,22H,4,9-12H2,1-3H3. The molecule has 1 unspecified atom stereocenters. The molecule has 2 aromatic rings. The Kier molecular flexibility index (Phi) is 6.09. The number of carbonyl (C=O) groups excluding carboxylic acids is 2. The molecule has 164 valence electrons. The Morgan fingerprint density at radius 1 is 1.13 bits per heavy atom. The first-order valence-corrected chi connectivity index (χ1v) is 11.1. The zero-order valence-electron chi connectivity index (χ0n) is 18.1. The van der Waals surface area contributed by atoms with Gasteiger partial charge in [-0.2, -0.15) is 0 Å². The molecule has 0 bridgehead atoms. The van der Waals surface area contributed by atoms with Gasteiger partial charge in [-0.1, -0.05) is 29.8 Å². The molecule has 1 saturated heterocycles. The Labute approximate surface area is 187 Å². The van der Waals surface area contributed by atoms with Gasteiger partial charge in [0.15, 0.2) is 11.4 Å². The van der Waals surface area contributed by atoms with Gasteiger partial charge in [-0.05, 0) is 68.9 Å². The Morgan fingerprint density at radius 3 is 2.52 bits per heavy atom. The fourth-order valence-electron chi connectivity index (χ4n) is 4.77. The zero-order valence-corrected chi connectivity index (χ0v) is 18.8. The predicted octanol–water partition coefficient (Wildman–Crippen LogP) is 5.25. The van der Waals surface area contributed by atoms with Crippen LogP contribution in [0.5, 0.6) is 5.75 Å². The van der Waals surface area contributed by atoms with Crippen molar-refractivity contribution in [2.75, 3.05) is 13.7 Å². The van der Waals surface area contributed by atoms with E-state index in [0.29, 0.717) is 42.9 Å². The fraction of sp³-hybridized carbons (Fsp3) is 0.440. The largest absolute Gasteiger partial charge is 0.493 e. The van der Waals surface area contributed by atoms with Gasteiger partial charge in [-0.15, -0.1) is 0 Å². The van der Waals surface area contributed by atoms with Crippen LogP contribution in [0.4, 0.5) is 0 Å². The SMILES string of the molecule is CCOc1ccccc1-c1cc(C)c(C2C(=O)OC3(CCC(OC)CC3)C2=O)cc1Cl. The molecule has 2 fully saturated rings. The summed E-state index contributed by atoms with van der Waals surface area (Å²) in [5.74, 6) is -0.840. The van der Waals surface area contributed by atoms with E-state index in [-0.39, 0.29) is 11.9 Å². The third kappa shape index (κ3) is 3.85. The summed E-state index contributed by atoms with van der Waals surface area (Å²) in [6, 6.07) is 11.3. The summed E-state index contributed by atoms with van der Waals surface area (Å²) >= 11 is 6.66. The van der Waals surface area contributed by atoms with Crippen molar-refractivity contribution in [2.45, 2.75) is 57.2 Å². The molecular formula is C25H27ClO5. The zero-order chi connectivity index (χ0) is 22.2. The van der Waals surface area contributed by atoms with E-state index in [1.807, 2.05) is 44.2 Å². The number of hydrogen-bond donors (Lipinski definition) is 0. The summed E-state index contributed by atoms with van der Waals surface area (Å²) in [7, 11) is 1.67. The number of rotatable bonds is 5. The molecular weight excluding hydrogens is 416 g/mol. The maximum absolute atomic E-state index is 13.4. The van der Waals surface area contributed by atoms with Gasteiger partial charge in [0.05, 0.1) is 12.7 Å². The van der Waals surface area contributed by atoms with Crippen molar-refractivity contribution < 1.29 is 23.8 Å². The van der Waals surface area contributed by atoms with Crippen molar-refractivity contribution in [3.63, 3.8) is 0 Å². The number of aryl methyl sites for hydroxylation is 1. The van der Waals surface area contributed by atoms with Crippen LogP contribution in [0.3, 0.4) is 0 Å². The number of Topliss-reactive ketones (excluding diaryl/α,β-unsaturated/α-hetero) is 1. The molecule has 1 aliphatic heterocycles. The average molecular weight is 443 g/mol. The third-order valence-corrected chi connectivity index (χ3v) is 6.77. The van der Waals surface area contributed by atoms with Crippen LogP contribution < -0.4 is 4.74 Å². The van der Waals surface area contributed by atoms with E-state index in [1.165, 1.54) is 0 Å². The normalized spacial score (nSPS) is 25.7. The summed E-state index contributed by atoms with van der Waals surface area (Å²) in [6.07, 6.45) is 2.51. The summed E-state index contributed by atoms with van der Waals surface area (Å²) in [5, 5.41) is 0.470. The maximum atomic E-state index is 13.4. The molecule has 1 atom stereocenters. The number of hydrogen-bond acceptors (Lipinski definition) is 5. The first-order chi connectivity index (χ1) is 14.9. The number of halogens is 1. The lowest BCUT2D eigenvalue weighted by Gasteiger charge is -2.33. The van der Waals surface area contributed by atoms with Gasteiger partial charge in [-0.25, -0.2) is 0 Å². The predicted molar refractivity (Wildman–Crippen MR) is 119 cm³/mol. The van der Waals surface area contributed by atoms with E-state index in [0.717, 1.165) is 22.4 Å². The van der Waals surface area contributed by atoms with Crippen molar-refractivity contribution in [3.05, 3.63) is 52.5 Å². The van der Waals surface area contributed by atoms with E-state index in [2.05, 4.69) is 0 Å². The van der Waals surface area contributed by atoms with Crippen LogP contribution in [-0.4, -0.2) is 37.2 Å². The summed E-state index contributed by atoms with van der Waals surface area (Å²) < 4.78 is 16.9. The summed E-state index contributed by atoms with van der Waals surface area (Å²) in [6.45, 7) is 4.37. The average Bonchev–Trinajstić information content (AvgIpc) is 3.00. The summed E-state index contributed by atoms with van der Waals surface area (Å²) in [5.41, 5.74) is 2.09. The molecule has 1 spiro atoms. The molecule has 1 aliphatic carbocycles. The van der Waals surface area contributed by atoms with Crippen LogP contribution in [0.2, 0.25) is 5.02 Å². The Hall–Kier alpha value is -2.37. The molecule has 1 saturated carbocycles. The van der Waals surface area contributed by atoms with Gasteiger partial charge in [0, 0.05) is 23.3 Å². The third-order valence-electron chi connectivity index (χ3n) is 6.46. The van der Waals surface area contributed by atoms with Crippen molar-refractivity contribution >= 4 is 23.4 Å². The molecule has 31 heavy (non-hydrogen) atoms. The van der Waals surface area contributed by atoms with Crippen LogP contribution in [0.15, 0.2) is 36.4 Å². The molecule has 6 heteroatoms. The van der Waals surface area contributed by atoms with Crippen molar-refractivity contribution in [1.29, 1.82) is 0 Å².